The minimum atomic E-state index is -0.200. The Morgan fingerprint density at radius 2 is 2.00 bits per heavy atom. The molecule has 1 atom stereocenters. The number of carbonyl (C=O) groups is 1. The van der Waals surface area contributed by atoms with Crippen molar-refractivity contribution in [2.45, 2.75) is 23.9 Å². The van der Waals surface area contributed by atoms with Gasteiger partial charge in [0.25, 0.3) is 0 Å². The number of hydrogen-bond donors (Lipinski definition) is 1. The fraction of sp³-hybridized carbons (Fsp3) is 0.176. The molecule has 0 bridgehead atoms. The van der Waals surface area contributed by atoms with Crippen LogP contribution in [0, 0.1) is 0 Å². The molecule has 0 saturated carbocycles. The third kappa shape index (κ3) is 3.31. The van der Waals surface area contributed by atoms with Crippen LogP contribution in [0.1, 0.15) is 12.5 Å². The van der Waals surface area contributed by atoms with Crippen LogP contribution in [0.5, 0.6) is 0 Å². The maximum atomic E-state index is 12.2. The van der Waals surface area contributed by atoms with E-state index in [1.165, 1.54) is 11.8 Å². The van der Waals surface area contributed by atoms with Gasteiger partial charge in [0, 0.05) is 12.7 Å². The van der Waals surface area contributed by atoms with Crippen molar-refractivity contribution in [1.82, 2.24) is 14.7 Å². The number of aromatic nitrogens is 2. The van der Waals surface area contributed by atoms with E-state index in [2.05, 4.69) is 10.3 Å². The first-order chi connectivity index (χ1) is 10.7. The molecule has 0 aliphatic carbocycles. The zero-order valence-electron chi connectivity index (χ0n) is 12.3. The summed E-state index contributed by atoms with van der Waals surface area (Å²) in [4.78, 5) is 16.6. The van der Waals surface area contributed by atoms with Crippen LogP contribution in [-0.4, -0.2) is 20.5 Å². The highest BCUT2D eigenvalue weighted by Gasteiger charge is 2.16. The Morgan fingerprint density at radius 3 is 2.82 bits per heavy atom. The summed E-state index contributed by atoms with van der Waals surface area (Å²) >= 11 is 1.46. The number of benzene rings is 1. The second kappa shape index (κ2) is 6.66. The van der Waals surface area contributed by atoms with E-state index < -0.39 is 0 Å². The van der Waals surface area contributed by atoms with Gasteiger partial charge >= 0.3 is 0 Å². The van der Waals surface area contributed by atoms with Crippen LogP contribution in [0.3, 0.4) is 0 Å². The summed E-state index contributed by atoms with van der Waals surface area (Å²) in [7, 11) is 0. The molecule has 112 valence electrons. The van der Waals surface area contributed by atoms with E-state index in [-0.39, 0.29) is 11.2 Å². The van der Waals surface area contributed by atoms with Crippen molar-refractivity contribution in [3.8, 4) is 0 Å². The predicted octanol–water partition coefficient (Wildman–Crippen LogP) is 3.13. The SMILES string of the molecule is CC(Sc1ncc2ccccn12)C(=O)NCc1ccccc1. The van der Waals surface area contributed by atoms with Crippen LogP contribution in [-0.2, 0) is 11.3 Å². The second-order valence-electron chi connectivity index (χ2n) is 5.00. The summed E-state index contributed by atoms with van der Waals surface area (Å²) in [6, 6.07) is 15.8. The molecule has 0 aliphatic rings. The maximum absolute atomic E-state index is 12.2. The van der Waals surface area contributed by atoms with Crippen LogP contribution >= 0.6 is 11.8 Å². The third-order valence-corrected chi connectivity index (χ3v) is 4.45. The number of nitrogens with one attached hydrogen (secondary N) is 1. The molecule has 1 N–H and O–H groups in total. The largest absolute Gasteiger partial charge is 0.351 e. The molecule has 4 nitrogen and oxygen atoms in total. The molecule has 0 fully saturated rings. The zero-order valence-corrected chi connectivity index (χ0v) is 13.1. The van der Waals surface area contributed by atoms with E-state index in [0.717, 1.165) is 16.2 Å². The van der Waals surface area contributed by atoms with Crippen LogP contribution < -0.4 is 5.32 Å². The topological polar surface area (TPSA) is 46.4 Å². The maximum Gasteiger partial charge on any atom is 0.233 e. The number of hydrogen-bond acceptors (Lipinski definition) is 3. The van der Waals surface area contributed by atoms with Crippen LogP contribution in [0.2, 0.25) is 0 Å². The lowest BCUT2D eigenvalue weighted by atomic mass is 10.2. The number of nitrogens with zero attached hydrogens (tertiary/aromatic N) is 2. The molecular formula is C17H17N3OS. The van der Waals surface area contributed by atoms with Gasteiger partial charge in [-0.2, -0.15) is 0 Å². The highest BCUT2D eigenvalue weighted by Crippen LogP contribution is 2.23. The molecule has 1 aromatic carbocycles. The zero-order chi connectivity index (χ0) is 15.4. The van der Waals surface area contributed by atoms with Gasteiger partial charge in [-0.3, -0.25) is 9.20 Å². The highest BCUT2D eigenvalue weighted by atomic mass is 32.2. The molecule has 3 rings (SSSR count). The summed E-state index contributed by atoms with van der Waals surface area (Å²) in [5, 5.41) is 3.59. The molecule has 2 heterocycles. The van der Waals surface area contributed by atoms with Crippen molar-refractivity contribution in [2.24, 2.45) is 0 Å². The lowest BCUT2D eigenvalue weighted by molar-refractivity contribution is -0.120. The number of imidazole rings is 1. The van der Waals surface area contributed by atoms with Crippen molar-refractivity contribution >= 4 is 23.2 Å². The fourth-order valence-corrected chi connectivity index (χ4v) is 3.05. The van der Waals surface area contributed by atoms with Gasteiger partial charge in [0.15, 0.2) is 5.16 Å². The molecule has 1 unspecified atom stereocenters. The van der Waals surface area contributed by atoms with Crippen LogP contribution in [0.25, 0.3) is 5.52 Å². The van der Waals surface area contributed by atoms with Gasteiger partial charge in [0.2, 0.25) is 5.91 Å². The van der Waals surface area contributed by atoms with Crippen molar-refractivity contribution in [1.29, 1.82) is 0 Å². The average molecular weight is 311 g/mol. The van der Waals surface area contributed by atoms with E-state index in [1.54, 1.807) is 0 Å². The van der Waals surface area contributed by atoms with Crippen LogP contribution in [0.4, 0.5) is 0 Å². The molecule has 0 spiro atoms. The number of amides is 1. The van der Waals surface area contributed by atoms with Crippen LogP contribution in [0.15, 0.2) is 66.1 Å². The summed E-state index contributed by atoms with van der Waals surface area (Å²) in [5.41, 5.74) is 2.13. The normalized spacial score (nSPS) is 12.2. The first-order valence-electron chi connectivity index (χ1n) is 7.14. The minimum Gasteiger partial charge on any atom is -0.351 e. The van der Waals surface area contributed by atoms with E-state index >= 15 is 0 Å². The number of rotatable bonds is 5. The first kappa shape index (κ1) is 14.7. The standard InChI is InChI=1S/C17H17N3OS/c1-13(16(21)18-11-14-7-3-2-4-8-14)22-17-19-12-15-9-5-6-10-20(15)17/h2-10,12-13H,11H2,1H3,(H,18,21). The summed E-state index contributed by atoms with van der Waals surface area (Å²) < 4.78 is 1.99. The first-order valence-corrected chi connectivity index (χ1v) is 8.02. The van der Waals surface area contributed by atoms with E-state index in [0.29, 0.717) is 6.54 Å². The minimum absolute atomic E-state index is 0.0153. The molecule has 2 aromatic heterocycles. The molecule has 5 heteroatoms. The lowest BCUT2D eigenvalue weighted by Crippen LogP contribution is -2.30. The van der Waals surface area contributed by atoms with Gasteiger partial charge in [-0.05, 0) is 24.6 Å². The molecule has 1 amide bonds. The molecule has 3 aromatic rings. The third-order valence-electron chi connectivity index (χ3n) is 3.37. The van der Waals surface area contributed by atoms with Gasteiger partial charge in [-0.25, -0.2) is 4.98 Å². The number of thioether (sulfide) groups is 1. The smallest absolute Gasteiger partial charge is 0.233 e. The molecular weight excluding hydrogens is 294 g/mol. The van der Waals surface area contributed by atoms with Gasteiger partial charge in [-0.1, -0.05) is 48.2 Å². The van der Waals surface area contributed by atoms with Crippen molar-refractivity contribution < 1.29 is 4.79 Å². The monoisotopic (exact) mass is 311 g/mol. The van der Waals surface area contributed by atoms with Gasteiger partial charge in [0.05, 0.1) is 17.0 Å². The van der Waals surface area contributed by atoms with E-state index in [4.69, 9.17) is 0 Å². The van der Waals surface area contributed by atoms with E-state index in [9.17, 15) is 4.79 Å². The summed E-state index contributed by atoms with van der Waals surface area (Å²) in [6.45, 7) is 2.45. The van der Waals surface area contributed by atoms with Gasteiger partial charge in [0.1, 0.15) is 0 Å². The van der Waals surface area contributed by atoms with Crippen molar-refractivity contribution in [3.63, 3.8) is 0 Å². The molecule has 22 heavy (non-hydrogen) atoms. The summed E-state index contributed by atoms with van der Waals surface area (Å²) in [6.07, 6.45) is 3.77. The quantitative estimate of drug-likeness (QED) is 0.736. The Labute approximate surface area is 133 Å². The highest BCUT2D eigenvalue weighted by molar-refractivity contribution is 8.00. The molecule has 0 radical (unpaired) electrons. The Balaban J connectivity index is 1.61. The lowest BCUT2D eigenvalue weighted by Gasteiger charge is -2.11. The van der Waals surface area contributed by atoms with Gasteiger partial charge < -0.3 is 5.32 Å². The van der Waals surface area contributed by atoms with Crippen molar-refractivity contribution in [3.05, 3.63) is 66.5 Å². The number of fused-ring (bicyclic) bond motifs is 1. The predicted molar refractivity (Wildman–Crippen MR) is 88.8 cm³/mol. The Hall–Kier alpha value is -2.27. The van der Waals surface area contributed by atoms with Gasteiger partial charge in [-0.15, -0.1) is 0 Å². The second-order valence-corrected chi connectivity index (χ2v) is 6.31. The Morgan fingerprint density at radius 1 is 1.23 bits per heavy atom. The molecule has 0 saturated heterocycles. The Bertz CT molecular complexity index is 770. The fourth-order valence-electron chi connectivity index (χ4n) is 2.15. The number of pyridine rings is 1. The molecule has 0 aliphatic heterocycles. The Kier molecular flexibility index (Phi) is 4.44. The number of carbonyl (C=O) groups excluding carboxylic acids is 1. The van der Waals surface area contributed by atoms with E-state index in [1.807, 2.05) is 72.2 Å². The van der Waals surface area contributed by atoms with Crippen molar-refractivity contribution in [2.75, 3.05) is 0 Å². The average Bonchev–Trinajstić information content (AvgIpc) is 2.97. The summed E-state index contributed by atoms with van der Waals surface area (Å²) in [5.74, 6) is 0.0153.